The Morgan fingerprint density at radius 2 is 2.13 bits per heavy atom. The second-order valence-electron chi connectivity index (χ2n) is 3.01. The molecule has 2 heterocycles. The van der Waals surface area contributed by atoms with Crippen LogP contribution < -0.4 is 0 Å². The van der Waals surface area contributed by atoms with Gasteiger partial charge in [0.25, 0.3) is 0 Å². The Balaban J connectivity index is 2.41. The van der Waals surface area contributed by atoms with E-state index in [1.165, 1.54) is 11.3 Å². The molecule has 15 heavy (non-hydrogen) atoms. The third-order valence-electron chi connectivity index (χ3n) is 1.89. The van der Waals surface area contributed by atoms with Crippen LogP contribution >= 0.6 is 11.3 Å². The summed E-state index contributed by atoms with van der Waals surface area (Å²) in [5, 5.41) is 4.78. The molecule has 0 spiro atoms. The SMILES string of the molecule is Cc1ccsc1-c1cc(C(F)(F)F)no1. The highest BCUT2D eigenvalue weighted by molar-refractivity contribution is 7.13. The van der Waals surface area contributed by atoms with E-state index in [0.717, 1.165) is 11.6 Å². The largest absolute Gasteiger partial charge is 0.436 e. The number of rotatable bonds is 1. The van der Waals surface area contributed by atoms with Crippen molar-refractivity contribution in [3.8, 4) is 10.6 Å². The number of thiophene rings is 1. The average Bonchev–Trinajstić information content (AvgIpc) is 2.69. The van der Waals surface area contributed by atoms with E-state index in [2.05, 4.69) is 9.68 Å². The molecule has 0 amide bonds. The molecule has 0 bridgehead atoms. The molecule has 0 aliphatic heterocycles. The molecule has 0 N–H and O–H groups in total. The molecule has 0 saturated heterocycles. The van der Waals surface area contributed by atoms with Gasteiger partial charge >= 0.3 is 6.18 Å². The molecule has 2 rings (SSSR count). The monoisotopic (exact) mass is 233 g/mol. The quantitative estimate of drug-likeness (QED) is 0.750. The van der Waals surface area contributed by atoms with Crippen LogP contribution in [0.25, 0.3) is 10.6 Å². The molecule has 80 valence electrons. The molecular weight excluding hydrogens is 227 g/mol. The van der Waals surface area contributed by atoms with Gasteiger partial charge in [0, 0.05) is 6.07 Å². The van der Waals surface area contributed by atoms with Crippen LogP contribution in [0.3, 0.4) is 0 Å². The molecule has 2 aromatic rings. The lowest BCUT2D eigenvalue weighted by Gasteiger charge is -1.97. The molecule has 6 heteroatoms. The van der Waals surface area contributed by atoms with Gasteiger partial charge in [0.1, 0.15) is 0 Å². The molecule has 2 nitrogen and oxygen atoms in total. The number of hydrogen-bond acceptors (Lipinski definition) is 3. The van der Waals surface area contributed by atoms with E-state index in [0.29, 0.717) is 4.88 Å². The molecule has 0 radical (unpaired) electrons. The lowest BCUT2D eigenvalue weighted by atomic mass is 10.2. The molecule has 0 fully saturated rings. The zero-order valence-corrected chi connectivity index (χ0v) is 8.45. The van der Waals surface area contributed by atoms with Crippen LogP contribution in [-0.4, -0.2) is 5.16 Å². The maximum absolute atomic E-state index is 12.2. The summed E-state index contributed by atoms with van der Waals surface area (Å²) in [6, 6.07) is 2.73. The minimum Gasteiger partial charge on any atom is -0.355 e. The number of alkyl halides is 3. The second-order valence-corrected chi connectivity index (χ2v) is 3.92. The fourth-order valence-electron chi connectivity index (χ4n) is 1.14. The summed E-state index contributed by atoms with van der Waals surface area (Å²) in [6.07, 6.45) is -4.45. The molecule has 2 aromatic heterocycles. The predicted octanol–water partition coefficient (Wildman–Crippen LogP) is 3.73. The zero-order chi connectivity index (χ0) is 11.1. The van der Waals surface area contributed by atoms with Crippen molar-refractivity contribution < 1.29 is 17.7 Å². The Kier molecular flexibility index (Phi) is 2.30. The topological polar surface area (TPSA) is 26.0 Å². The van der Waals surface area contributed by atoms with Crippen molar-refractivity contribution in [2.75, 3.05) is 0 Å². The van der Waals surface area contributed by atoms with Gasteiger partial charge in [-0.1, -0.05) is 5.16 Å². The van der Waals surface area contributed by atoms with Crippen LogP contribution in [0.4, 0.5) is 13.2 Å². The third kappa shape index (κ3) is 1.90. The summed E-state index contributed by atoms with van der Waals surface area (Å²) >= 11 is 1.33. The Morgan fingerprint density at radius 1 is 1.40 bits per heavy atom. The molecule has 0 aromatic carbocycles. The predicted molar refractivity (Wildman–Crippen MR) is 49.6 cm³/mol. The van der Waals surface area contributed by atoms with Crippen molar-refractivity contribution in [1.82, 2.24) is 5.16 Å². The minimum atomic E-state index is -4.45. The van der Waals surface area contributed by atoms with Crippen molar-refractivity contribution in [2.45, 2.75) is 13.1 Å². The summed E-state index contributed by atoms with van der Waals surface area (Å²) in [5.74, 6) is 0.162. The Bertz CT molecular complexity index is 472. The summed E-state index contributed by atoms with van der Waals surface area (Å²) in [4.78, 5) is 0.679. The molecular formula is C9H6F3NOS. The van der Waals surface area contributed by atoms with Gasteiger partial charge in [-0.3, -0.25) is 0 Å². The van der Waals surface area contributed by atoms with E-state index >= 15 is 0 Å². The third-order valence-corrected chi connectivity index (χ3v) is 2.92. The van der Waals surface area contributed by atoms with Gasteiger partial charge in [0.05, 0.1) is 4.88 Å². The van der Waals surface area contributed by atoms with E-state index in [9.17, 15) is 13.2 Å². The van der Waals surface area contributed by atoms with Gasteiger partial charge < -0.3 is 4.52 Å². The lowest BCUT2D eigenvalue weighted by molar-refractivity contribution is -0.142. The standard InChI is InChI=1S/C9H6F3NOS/c1-5-2-3-15-8(5)6-4-7(13-14-6)9(10,11)12/h2-4H,1H3. The first-order valence-electron chi connectivity index (χ1n) is 4.07. The second kappa shape index (κ2) is 3.37. The van der Waals surface area contributed by atoms with E-state index in [4.69, 9.17) is 0 Å². The first-order valence-corrected chi connectivity index (χ1v) is 4.95. The van der Waals surface area contributed by atoms with E-state index in [1.54, 1.807) is 5.38 Å². The van der Waals surface area contributed by atoms with Gasteiger partial charge in [-0.05, 0) is 23.9 Å². The molecule has 0 atom stereocenters. The Hall–Kier alpha value is -1.30. The van der Waals surface area contributed by atoms with Crippen molar-refractivity contribution in [2.24, 2.45) is 0 Å². The van der Waals surface area contributed by atoms with E-state index in [1.807, 2.05) is 13.0 Å². The normalized spacial score (nSPS) is 12.0. The Morgan fingerprint density at radius 3 is 2.60 bits per heavy atom. The van der Waals surface area contributed by atoms with Gasteiger partial charge in [-0.2, -0.15) is 13.2 Å². The number of aromatic nitrogens is 1. The molecule has 0 aliphatic rings. The number of nitrogens with zero attached hydrogens (tertiary/aromatic N) is 1. The van der Waals surface area contributed by atoms with Crippen LogP contribution in [0.2, 0.25) is 0 Å². The molecule has 0 saturated carbocycles. The highest BCUT2D eigenvalue weighted by Gasteiger charge is 2.35. The van der Waals surface area contributed by atoms with Crippen molar-refractivity contribution in [1.29, 1.82) is 0 Å². The average molecular weight is 233 g/mol. The first-order chi connectivity index (χ1) is 6.98. The van der Waals surface area contributed by atoms with Gasteiger partial charge in [-0.25, -0.2) is 0 Å². The zero-order valence-electron chi connectivity index (χ0n) is 7.63. The van der Waals surface area contributed by atoms with Crippen LogP contribution in [-0.2, 0) is 6.18 Å². The summed E-state index contributed by atoms with van der Waals surface area (Å²) in [5.41, 5.74) is -0.116. The first kappa shape index (κ1) is 10.2. The van der Waals surface area contributed by atoms with Crippen molar-refractivity contribution in [3.63, 3.8) is 0 Å². The number of hydrogen-bond donors (Lipinski definition) is 0. The van der Waals surface area contributed by atoms with Crippen LogP contribution in [0.5, 0.6) is 0 Å². The van der Waals surface area contributed by atoms with E-state index in [-0.39, 0.29) is 5.76 Å². The van der Waals surface area contributed by atoms with Crippen LogP contribution in [0, 0.1) is 6.92 Å². The summed E-state index contributed by atoms with van der Waals surface area (Å²) in [7, 11) is 0. The minimum absolute atomic E-state index is 0.162. The summed E-state index contributed by atoms with van der Waals surface area (Å²) < 4.78 is 41.3. The van der Waals surface area contributed by atoms with Gasteiger partial charge in [-0.15, -0.1) is 11.3 Å². The molecule has 0 aliphatic carbocycles. The lowest BCUT2D eigenvalue weighted by Crippen LogP contribution is -2.04. The maximum Gasteiger partial charge on any atom is 0.436 e. The van der Waals surface area contributed by atoms with Crippen LogP contribution in [0.15, 0.2) is 22.0 Å². The fraction of sp³-hybridized carbons (Fsp3) is 0.222. The van der Waals surface area contributed by atoms with Gasteiger partial charge in [0.15, 0.2) is 11.5 Å². The number of aryl methyl sites for hydroxylation is 1. The maximum atomic E-state index is 12.2. The fourth-order valence-corrected chi connectivity index (χ4v) is 2.02. The number of halogens is 3. The van der Waals surface area contributed by atoms with Crippen molar-refractivity contribution >= 4 is 11.3 Å². The highest BCUT2D eigenvalue weighted by Crippen LogP contribution is 2.34. The Labute approximate surface area is 87.3 Å². The van der Waals surface area contributed by atoms with E-state index < -0.39 is 11.9 Å². The van der Waals surface area contributed by atoms with Crippen LogP contribution in [0.1, 0.15) is 11.3 Å². The smallest absolute Gasteiger partial charge is 0.355 e. The van der Waals surface area contributed by atoms with Crippen molar-refractivity contribution in [3.05, 3.63) is 28.8 Å². The molecule has 0 unspecified atom stereocenters. The summed E-state index contributed by atoms with van der Waals surface area (Å²) in [6.45, 7) is 1.81. The highest BCUT2D eigenvalue weighted by atomic mass is 32.1. The van der Waals surface area contributed by atoms with Gasteiger partial charge in [0.2, 0.25) is 0 Å².